The van der Waals surface area contributed by atoms with Crippen LogP contribution in [0.5, 0.6) is 0 Å². The molecular formula is C40H39N5. The zero-order valence-corrected chi connectivity index (χ0v) is 27.1. The Morgan fingerprint density at radius 3 is 1.36 bits per heavy atom. The van der Waals surface area contributed by atoms with Gasteiger partial charge in [-0.3, -0.25) is 4.98 Å². The Morgan fingerprint density at radius 1 is 0.422 bits per heavy atom. The van der Waals surface area contributed by atoms with E-state index in [0.29, 0.717) is 17.5 Å². The van der Waals surface area contributed by atoms with Crippen LogP contribution >= 0.6 is 0 Å². The second-order valence-electron chi connectivity index (χ2n) is 13.7. The highest BCUT2D eigenvalue weighted by molar-refractivity contribution is 5.80. The van der Waals surface area contributed by atoms with Crippen LogP contribution in [0.25, 0.3) is 56.5 Å². The smallest absolute Gasteiger partial charge is 0.164 e. The van der Waals surface area contributed by atoms with Crippen molar-refractivity contribution in [1.29, 1.82) is 0 Å². The summed E-state index contributed by atoms with van der Waals surface area (Å²) in [5.74, 6) is 1.87. The van der Waals surface area contributed by atoms with Crippen molar-refractivity contribution in [2.75, 3.05) is 0 Å². The van der Waals surface area contributed by atoms with Crippen molar-refractivity contribution >= 4 is 0 Å². The summed E-state index contributed by atoms with van der Waals surface area (Å²) >= 11 is 0. The van der Waals surface area contributed by atoms with Crippen molar-refractivity contribution in [1.82, 2.24) is 24.9 Å². The molecule has 6 aromatic rings. The standard InChI is InChI=1S/C40H39N5/c1-26-24-41-25-35(42-26)31-18-29(30-21-33(39(2,3)4)23-34(22-30)40(5,6)7)19-32(20-31)38-44-36(27-14-10-8-11-15-27)43-37(45-38)28-16-12-9-13-17-28/h8-25H,1-7H3. The first-order valence-electron chi connectivity index (χ1n) is 15.4. The number of nitrogens with zero attached hydrogens (tertiary/aromatic N) is 5. The molecule has 0 bridgehead atoms. The number of rotatable bonds is 5. The molecule has 6 rings (SSSR count). The fourth-order valence-corrected chi connectivity index (χ4v) is 5.27. The minimum atomic E-state index is -0.0121. The lowest BCUT2D eigenvalue weighted by Crippen LogP contribution is -2.16. The number of benzene rings is 4. The van der Waals surface area contributed by atoms with Crippen LogP contribution < -0.4 is 0 Å². The van der Waals surface area contributed by atoms with E-state index in [1.54, 1.807) is 6.20 Å². The summed E-state index contributed by atoms with van der Waals surface area (Å²) in [7, 11) is 0. The van der Waals surface area contributed by atoms with Gasteiger partial charge in [-0.1, -0.05) is 120 Å². The summed E-state index contributed by atoms with van der Waals surface area (Å²) in [6.07, 6.45) is 3.60. The van der Waals surface area contributed by atoms with Crippen LogP contribution in [0.4, 0.5) is 0 Å². The fraction of sp³-hybridized carbons (Fsp3) is 0.225. The molecule has 2 aromatic heterocycles. The van der Waals surface area contributed by atoms with Crippen molar-refractivity contribution in [2.24, 2.45) is 0 Å². The predicted octanol–water partition coefficient (Wildman–Crippen LogP) is 9.90. The summed E-state index contributed by atoms with van der Waals surface area (Å²) in [4.78, 5) is 24.3. The Kier molecular flexibility index (Phi) is 7.88. The first kappa shape index (κ1) is 30.0. The van der Waals surface area contributed by atoms with Crippen molar-refractivity contribution in [3.8, 4) is 56.5 Å². The van der Waals surface area contributed by atoms with Gasteiger partial charge in [-0.25, -0.2) is 19.9 Å². The van der Waals surface area contributed by atoms with Crippen molar-refractivity contribution in [3.05, 3.63) is 126 Å². The molecule has 0 aliphatic carbocycles. The van der Waals surface area contributed by atoms with Gasteiger partial charge in [0, 0.05) is 28.5 Å². The van der Waals surface area contributed by atoms with Gasteiger partial charge in [0.1, 0.15) is 0 Å². The van der Waals surface area contributed by atoms with Crippen LogP contribution in [0.2, 0.25) is 0 Å². The topological polar surface area (TPSA) is 64.5 Å². The summed E-state index contributed by atoms with van der Waals surface area (Å²) in [6.45, 7) is 15.6. The largest absolute Gasteiger partial charge is 0.261 e. The van der Waals surface area contributed by atoms with Crippen LogP contribution in [0, 0.1) is 6.92 Å². The molecule has 0 spiro atoms. The minimum absolute atomic E-state index is 0.0121. The minimum Gasteiger partial charge on any atom is -0.261 e. The third-order valence-electron chi connectivity index (χ3n) is 7.94. The molecule has 0 atom stereocenters. The maximum Gasteiger partial charge on any atom is 0.164 e. The van der Waals surface area contributed by atoms with Crippen LogP contribution in [0.3, 0.4) is 0 Å². The monoisotopic (exact) mass is 589 g/mol. The Balaban J connectivity index is 1.62. The number of hydrogen-bond donors (Lipinski definition) is 0. The van der Waals surface area contributed by atoms with E-state index in [1.165, 1.54) is 11.1 Å². The van der Waals surface area contributed by atoms with E-state index in [1.807, 2.05) is 73.8 Å². The Morgan fingerprint density at radius 2 is 0.867 bits per heavy atom. The molecule has 45 heavy (non-hydrogen) atoms. The van der Waals surface area contributed by atoms with Gasteiger partial charge in [0.2, 0.25) is 0 Å². The second kappa shape index (κ2) is 11.8. The molecule has 5 heteroatoms. The van der Waals surface area contributed by atoms with Gasteiger partial charge < -0.3 is 0 Å². The molecule has 0 fully saturated rings. The molecule has 0 aliphatic heterocycles. The molecule has 224 valence electrons. The molecular weight excluding hydrogens is 550 g/mol. The molecule has 5 nitrogen and oxygen atoms in total. The van der Waals surface area contributed by atoms with Gasteiger partial charge in [-0.15, -0.1) is 0 Å². The SMILES string of the molecule is Cc1cncc(-c2cc(-c3cc(C(C)(C)C)cc(C(C)(C)C)c3)cc(-c3nc(-c4ccccc4)nc(-c4ccccc4)n3)c2)n1. The molecule has 0 aliphatic rings. The molecule has 0 saturated heterocycles. The Bertz CT molecular complexity index is 1880. The first-order chi connectivity index (χ1) is 21.4. The summed E-state index contributed by atoms with van der Waals surface area (Å²) < 4.78 is 0. The van der Waals surface area contributed by atoms with Gasteiger partial charge >= 0.3 is 0 Å². The lowest BCUT2D eigenvalue weighted by Gasteiger charge is -2.26. The maximum atomic E-state index is 5.04. The van der Waals surface area contributed by atoms with E-state index in [0.717, 1.165) is 44.8 Å². The van der Waals surface area contributed by atoms with E-state index in [2.05, 4.69) is 82.9 Å². The van der Waals surface area contributed by atoms with Crippen molar-refractivity contribution in [3.63, 3.8) is 0 Å². The molecule has 2 heterocycles. The van der Waals surface area contributed by atoms with E-state index >= 15 is 0 Å². The van der Waals surface area contributed by atoms with Crippen LogP contribution in [-0.2, 0) is 10.8 Å². The zero-order valence-electron chi connectivity index (χ0n) is 27.1. The van der Waals surface area contributed by atoms with Gasteiger partial charge in [0.25, 0.3) is 0 Å². The number of aryl methyl sites for hydroxylation is 1. The highest BCUT2D eigenvalue weighted by Crippen LogP contribution is 2.37. The van der Waals surface area contributed by atoms with Gasteiger partial charge in [0.15, 0.2) is 17.5 Å². The molecule has 0 N–H and O–H groups in total. The van der Waals surface area contributed by atoms with E-state index in [9.17, 15) is 0 Å². The first-order valence-corrected chi connectivity index (χ1v) is 15.4. The average Bonchev–Trinajstić information content (AvgIpc) is 3.04. The van der Waals surface area contributed by atoms with Crippen molar-refractivity contribution < 1.29 is 0 Å². The molecule has 4 aromatic carbocycles. The molecule has 0 saturated carbocycles. The van der Waals surface area contributed by atoms with E-state index < -0.39 is 0 Å². The predicted molar refractivity (Wildman–Crippen MR) is 185 cm³/mol. The van der Waals surface area contributed by atoms with Gasteiger partial charge in [0.05, 0.1) is 17.6 Å². The van der Waals surface area contributed by atoms with Crippen LogP contribution in [0.1, 0.15) is 58.4 Å². The summed E-state index contributed by atoms with van der Waals surface area (Å²) in [6, 6.07) is 33.7. The molecule has 0 amide bonds. The van der Waals surface area contributed by atoms with E-state index in [-0.39, 0.29) is 10.8 Å². The summed E-state index contributed by atoms with van der Waals surface area (Å²) in [5, 5.41) is 0. The number of hydrogen-bond acceptors (Lipinski definition) is 5. The molecule has 0 radical (unpaired) electrons. The Labute approximate surface area is 266 Å². The van der Waals surface area contributed by atoms with Crippen LogP contribution in [-0.4, -0.2) is 24.9 Å². The lowest BCUT2D eigenvalue weighted by molar-refractivity contribution is 0.569. The van der Waals surface area contributed by atoms with Crippen molar-refractivity contribution in [2.45, 2.75) is 59.3 Å². The van der Waals surface area contributed by atoms with E-state index in [4.69, 9.17) is 19.9 Å². The molecule has 0 unspecified atom stereocenters. The average molecular weight is 590 g/mol. The number of aromatic nitrogens is 5. The third kappa shape index (κ3) is 6.73. The Hall–Kier alpha value is -5.03. The highest BCUT2D eigenvalue weighted by atomic mass is 15.0. The normalized spacial score (nSPS) is 11.9. The highest BCUT2D eigenvalue weighted by Gasteiger charge is 2.22. The zero-order chi connectivity index (χ0) is 31.8. The maximum absolute atomic E-state index is 5.04. The quantitative estimate of drug-likeness (QED) is 0.200. The van der Waals surface area contributed by atoms with Gasteiger partial charge in [-0.2, -0.15) is 0 Å². The second-order valence-corrected chi connectivity index (χ2v) is 13.7. The lowest BCUT2D eigenvalue weighted by atomic mass is 9.78. The summed E-state index contributed by atoms with van der Waals surface area (Å²) in [5.41, 5.74) is 10.2. The van der Waals surface area contributed by atoms with Crippen LogP contribution in [0.15, 0.2) is 109 Å². The fourth-order valence-electron chi connectivity index (χ4n) is 5.27. The van der Waals surface area contributed by atoms with Gasteiger partial charge in [-0.05, 0) is 58.2 Å². The third-order valence-corrected chi connectivity index (χ3v) is 7.94.